The van der Waals surface area contributed by atoms with Crippen LogP contribution in [0.25, 0.3) is 0 Å². The molecule has 126 valence electrons. The molecule has 0 N–H and O–H groups in total. The van der Waals surface area contributed by atoms with Gasteiger partial charge in [0.25, 0.3) is 0 Å². The molecule has 0 aromatic heterocycles. The molecule has 0 unspecified atom stereocenters. The number of unbranched alkanes of at least 4 members (excludes halogenated alkanes) is 3. The van der Waals surface area contributed by atoms with E-state index in [2.05, 4.69) is 11.7 Å². The quantitative estimate of drug-likeness (QED) is 0.206. The number of rotatable bonds is 11. The highest BCUT2D eigenvalue weighted by atomic mass is 16.5. The van der Waals surface area contributed by atoms with Gasteiger partial charge in [-0.3, -0.25) is 9.59 Å². The monoisotopic (exact) mass is 320 g/mol. The van der Waals surface area contributed by atoms with Gasteiger partial charge in [-0.25, -0.2) is 4.79 Å². The van der Waals surface area contributed by atoms with Crippen molar-refractivity contribution in [1.29, 1.82) is 0 Å². The van der Waals surface area contributed by atoms with Crippen molar-refractivity contribution in [2.24, 2.45) is 0 Å². The summed E-state index contributed by atoms with van der Waals surface area (Å²) in [6.45, 7) is 4.37. The fraction of sp³-hybridized carbons (Fsp3) is 0.500. The maximum absolute atomic E-state index is 12.2. The summed E-state index contributed by atoms with van der Waals surface area (Å²) in [6, 6.07) is 6.77. The van der Waals surface area contributed by atoms with Gasteiger partial charge in [0.1, 0.15) is 5.75 Å². The highest BCUT2D eigenvalue weighted by Gasteiger charge is 2.21. The number of ketones is 2. The zero-order valence-corrected chi connectivity index (χ0v) is 13.8. The smallest absolute Gasteiger partial charge is 0.375 e. The van der Waals surface area contributed by atoms with E-state index >= 15 is 0 Å². The van der Waals surface area contributed by atoms with Crippen LogP contribution >= 0.6 is 0 Å². The normalized spacial score (nSPS) is 10.2. The van der Waals surface area contributed by atoms with Crippen LogP contribution < -0.4 is 4.74 Å². The predicted octanol–water partition coefficient (Wildman–Crippen LogP) is 3.35. The minimum absolute atomic E-state index is 0.107. The fourth-order valence-electron chi connectivity index (χ4n) is 2.06. The summed E-state index contributed by atoms with van der Waals surface area (Å²) >= 11 is 0. The van der Waals surface area contributed by atoms with E-state index in [0.29, 0.717) is 17.9 Å². The average Bonchev–Trinajstić information content (AvgIpc) is 2.55. The molecule has 1 aromatic rings. The summed E-state index contributed by atoms with van der Waals surface area (Å²) in [5.74, 6) is -1.80. The molecule has 0 aliphatic rings. The van der Waals surface area contributed by atoms with Crippen molar-refractivity contribution in [3.05, 3.63) is 29.8 Å². The maximum Gasteiger partial charge on any atom is 0.375 e. The fourth-order valence-corrected chi connectivity index (χ4v) is 2.06. The summed E-state index contributed by atoms with van der Waals surface area (Å²) < 4.78 is 10.2. The van der Waals surface area contributed by atoms with Crippen LogP contribution in [-0.4, -0.2) is 30.7 Å². The highest BCUT2D eigenvalue weighted by molar-refractivity contribution is 6.38. The number of Topliss-reactive ketones (excluding diaryl/α,β-unsaturated/α-hetero) is 2. The van der Waals surface area contributed by atoms with Crippen molar-refractivity contribution in [3.8, 4) is 5.75 Å². The van der Waals surface area contributed by atoms with Crippen LogP contribution in [0, 0.1) is 0 Å². The van der Waals surface area contributed by atoms with Crippen LogP contribution in [0.4, 0.5) is 0 Å². The van der Waals surface area contributed by atoms with Gasteiger partial charge in [0.05, 0.1) is 25.2 Å². The molecule has 0 radical (unpaired) electrons. The number of para-hydroxylation sites is 1. The van der Waals surface area contributed by atoms with Gasteiger partial charge < -0.3 is 9.47 Å². The van der Waals surface area contributed by atoms with Gasteiger partial charge >= 0.3 is 5.97 Å². The Balaban J connectivity index is 2.63. The van der Waals surface area contributed by atoms with Crippen LogP contribution in [0.1, 0.15) is 56.3 Å². The van der Waals surface area contributed by atoms with Gasteiger partial charge in [-0.15, -0.1) is 0 Å². The maximum atomic E-state index is 12.2. The number of benzene rings is 1. The van der Waals surface area contributed by atoms with E-state index in [1.807, 2.05) is 0 Å². The molecule has 0 amide bonds. The second kappa shape index (κ2) is 10.5. The Kier molecular flexibility index (Phi) is 8.65. The van der Waals surface area contributed by atoms with E-state index in [-0.39, 0.29) is 6.61 Å². The van der Waals surface area contributed by atoms with Crippen molar-refractivity contribution in [3.63, 3.8) is 0 Å². The Bertz CT molecular complexity index is 536. The minimum Gasteiger partial charge on any atom is -0.493 e. The second-order valence-corrected chi connectivity index (χ2v) is 5.15. The molecule has 0 atom stereocenters. The van der Waals surface area contributed by atoms with E-state index in [1.165, 1.54) is 0 Å². The van der Waals surface area contributed by atoms with Gasteiger partial charge in [0, 0.05) is 0 Å². The molecule has 0 fully saturated rings. The van der Waals surface area contributed by atoms with Crippen LogP contribution in [0.3, 0.4) is 0 Å². The Morgan fingerprint density at radius 2 is 1.74 bits per heavy atom. The Morgan fingerprint density at radius 3 is 2.43 bits per heavy atom. The van der Waals surface area contributed by atoms with Gasteiger partial charge in [-0.2, -0.15) is 0 Å². The van der Waals surface area contributed by atoms with E-state index in [1.54, 1.807) is 31.2 Å². The van der Waals surface area contributed by atoms with E-state index in [0.717, 1.165) is 25.7 Å². The number of hydrogen-bond donors (Lipinski definition) is 0. The van der Waals surface area contributed by atoms with Crippen molar-refractivity contribution in [1.82, 2.24) is 0 Å². The standard InChI is InChI=1S/C18H24O5/c1-3-5-6-9-12-23-17-11-8-7-10-14(17)15(19)13-16(20)18(21)22-4-2/h7-8,10-11H,3-6,9,12-13H2,1-2H3. The Morgan fingerprint density at radius 1 is 1.00 bits per heavy atom. The topological polar surface area (TPSA) is 69.7 Å². The number of ether oxygens (including phenoxy) is 2. The lowest BCUT2D eigenvalue weighted by atomic mass is 10.0. The number of carbonyl (C=O) groups is 3. The third-order valence-electron chi connectivity index (χ3n) is 3.27. The predicted molar refractivity (Wildman–Crippen MR) is 86.7 cm³/mol. The van der Waals surface area contributed by atoms with Gasteiger partial charge in [0.15, 0.2) is 5.78 Å². The molecule has 23 heavy (non-hydrogen) atoms. The first-order valence-corrected chi connectivity index (χ1v) is 8.05. The summed E-state index contributed by atoms with van der Waals surface area (Å²) in [5.41, 5.74) is 0.320. The van der Waals surface area contributed by atoms with Gasteiger partial charge in [-0.05, 0) is 25.5 Å². The van der Waals surface area contributed by atoms with Crippen molar-refractivity contribution < 1.29 is 23.9 Å². The molecular weight excluding hydrogens is 296 g/mol. The largest absolute Gasteiger partial charge is 0.493 e. The van der Waals surface area contributed by atoms with Gasteiger partial charge in [-0.1, -0.05) is 38.3 Å². The van der Waals surface area contributed by atoms with E-state index < -0.39 is 24.0 Å². The third kappa shape index (κ3) is 6.63. The SMILES string of the molecule is CCCCCCOc1ccccc1C(=O)CC(=O)C(=O)OCC. The molecule has 0 saturated heterocycles. The lowest BCUT2D eigenvalue weighted by Gasteiger charge is -2.10. The number of hydrogen-bond acceptors (Lipinski definition) is 5. The van der Waals surface area contributed by atoms with Crippen LogP contribution in [0.15, 0.2) is 24.3 Å². The first kappa shape index (κ1) is 18.9. The highest BCUT2D eigenvalue weighted by Crippen LogP contribution is 2.20. The minimum atomic E-state index is -0.973. The van der Waals surface area contributed by atoms with Crippen LogP contribution in [0.5, 0.6) is 5.75 Å². The Hall–Kier alpha value is -2.17. The lowest BCUT2D eigenvalue weighted by molar-refractivity contribution is -0.153. The van der Waals surface area contributed by atoms with Crippen molar-refractivity contribution in [2.75, 3.05) is 13.2 Å². The summed E-state index contributed by atoms with van der Waals surface area (Å²) in [7, 11) is 0. The molecule has 0 aliphatic heterocycles. The third-order valence-corrected chi connectivity index (χ3v) is 3.27. The molecule has 0 heterocycles. The first-order valence-electron chi connectivity index (χ1n) is 8.05. The number of carbonyl (C=O) groups excluding carboxylic acids is 3. The summed E-state index contributed by atoms with van der Waals surface area (Å²) in [4.78, 5) is 35.1. The molecule has 0 saturated carbocycles. The zero-order chi connectivity index (χ0) is 17.1. The van der Waals surface area contributed by atoms with E-state index in [9.17, 15) is 14.4 Å². The van der Waals surface area contributed by atoms with Crippen molar-refractivity contribution >= 4 is 17.5 Å². The lowest BCUT2D eigenvalue weighted by Crippen LogP contribution is -2.21. The molecule has 0 bridgehead atoms. The molecule has 5 heteroatoms. The molecule has 5 nitrogen and oxygen atoms in total. The average molecular weight is 320 g/mol. The Labute approximate surface area is 137 Å². The van der Waals surface area contributed by atoms with Crippen LogP contribution in [-0.2, 0) is 14.3 Å². The van der Waals surface area contributed by atoms with Crippen LogP contribution in [0.2, 0.25) is 0 Å². The second-order valence-electron chi connectivity index (χ2n) is 5.15. The van der Waals surface area contributed by atoms with E-state index in [4.69, 9.17) is 4.74 Å². The first-order chi connectivity index (χ1) is 11.1. The molecule has 0 aliphatic carbocycles. The molecular formula is C18H24O5. The molecule has 1 rings (SSSR count). The van der Waals surface area contributed by atoms with Gasteiger partial charge in [0.2, 0.25) is 5.78 Å². The molecule has 1 aromatic carbocycles. The number of esters is 1. The zero-order valence-electron chi connectivity index (χ0n) is 13.8. The van der Waals surface area contributed by atoms with Crippen molar-refractivity contribution in [2.45, 2.75) is 46.0 Å². The summed E-state index contributed by atoms with van der Waals surface area (Å²) in [6.07, 6.45) is 3.78. The molecule has 0 spiro atoms. The summed E-state index contributed by atoms with van der Waals surface area (Å²) in [5, 5.41) is 0.